The lowest BCUT2D eigenvalue weighted by Crippen LogP contribution is -2.29. The second-order valence-electron chi connectivity index (χ2n) is 8.32. The molecule has 0 unspecified atom stereocenters. The van der Waals surface area contributed by atoms with Crippen LogP contribution in [0, 0.1) is 0 Å². The molecule has 0 amide bonds. The smallest absolute Gasteiger partial charge is 0.304 e. The van der Waals surface area contributed by atoms with Crippen LogP contribution in [0.1, 0.15) is 41.5 Å². The van der Waals surface area contributed by atoms with Crippen molar-refractivity contribution < 1.29 is 85.6 Å². The highest BCUT2D eigenvalue weighted by molar-refractivity contribution is 5.67. The first-order valence-corrected chi connectivity index (χ1v) is 14.0. The first kappa shape index (κ1) is 47.0. The van der Waals surface area contributed by atoms with Gasteiger partial charge in [-0.2, -0.15) is 0 Å². The summed E-state index contributed by atoms with van der Waals surface area (Å²) >= 11 is 0. The number of hydrogen-bond donors (Lipinski definition) is 0. The third-order valence-corrected chi connectivity index (χ3v) is 4.03. The molecule has 0 aliphatic heterocycles. The Morgan fingerprint density at radius 1 is 0.391 bits per heavy atom. The number of ether oxygens (including phenoxy) is 12. The lowest BCUT2D eigenvalue weighted by atomic mass is 10.4. The molecule has 18 nitrogen and oxygen atoms in total. The van der Waals surface area contributed by atoms with Gasteiger partial charge in [-0.1, -0.05) is 0 Å². The Balaban J connectivity index is -0.000000710. The molecule has 270 valence electrons. The molecule has 0 saturated carbocycles. The summed E-state index contributed by atoms with van der Waals surface area (Å²) in [5.41, 5.74) is 0. The zero-order chi connectivity index (χ0) is 35.4. The molecule has 0 rings (SSSR count). The van der Waals surface area contributed by atoms with E-state index in [4.69, 9.17) is 37.9 Å². The van der Waals surface area contributed by atoms with Gasteiger partial charge in [-0.25, -0.2) is 0 Å². The van der Waals surface area contributed by atoms with E-state index >= 15 is 0 Å². The third kappa shape index (κ3) is 50.2. The standard InChI is InChI=1S/C15H26O9.C9H16O6.C4H8O3/c1-12(16)21-6-4-19-10-15(24-9-8-23-14(3)18)11-20-5-7-22-13(2)17;1-8(10)14-5-3-12-7-13-4-6-15-9(2)11;1-4(5)7-3-6-2/h15H,4-11H2,1-3H3;3-7H2,1-2H3;3H2,1-2H3. The Morgan fingerprint density at radius 3 is 0.978 bits per heavy atom. The van der Waals surface area contributed by atoms with Crippen LogP contribution in [0.2, 0.25) is 0 Å². The molecule has 0 fully saturated rings. The first-order valence-electron chi connectivity index (χ1n) is 14.0. The molecule has 0 aromatic carbocycles. The summed E-state index contributed by atoms with van der Waals surface area (Å²) in [6, 6.07) is 0. The fourth-order valence-corrected chi connectivity index (χ4v) is 2.27. The summed E-state index contributed by atoms with van der Waals surface area (Å²) in [7, 11) is 1.46. The van der Waals surface area contributed by atoms with E-state index in [2.05, 4.69) is 18.9 Å². The highest BCUT2D eigenvalue weighted by Crippen LogP contribution is 1.97. The van der Waals surface area contributed by atoms with Crippen molar-refractivity contribution in [3.63, 3.8) is 0 Å². The molecule has 0 saturated heterocycles. The van der Waals surface area contributed by atoms with E-state index in [1.54, 1.807) is 0 Å². The van der Waals surface area contributed by atoms with Crippen molar-refractivity contribution in [3.05, 3.63) is 0 Å². The maximum atomic E-state index is 10.7. The van der Waals surface area contributed by atoms with E-state index in [0.717, 1.165) is 0 Å². The maximum absolute atomic E-state index is 10.7. The summed E-state index contributed by atoms with van der Waals surface area (Å²) in [4.78, 5) is 62.5. The van der Waals surface area contributed by atoms with Gasteiger partial charge in [-0.05, 0) is 0 Å². The molecule has 0 aromatic rings. The molecular weight excluding hydrogens is 624 g/mol. The molecular formula is C28H50O18. The number of rotatable bonds is 24. The Labute approximate surface area is 269 Å². The van der Waals surface area contributed by atoms with Crippen LogP contribution in [-0.4, -0.2) is 142 Å². The Bertz CT molecular complexity index is 759. The zero-order valence-corrected chi connectivity index (χ0v) is 27.8. The predicted molar refractivity (Wildman–Crippen MR) is 155 cm³/mol. The van der Waals surface area contributed by atoms with Crippen molar-refractivity contribution in [2.45, 2.75) is 47.6 Å². The van der Waals surface area contributed by atoms with Gasteiger partial charge in [0, 0.05) is 48.7 Å². The molecule has 46 heavy (non-hydrogen) atoms. The lowest BCUT2D eigenvalue weighted by Gasteiger charge is -2.18. The second-order valence-corrected chi connectivity index (χ2v) is 8.32. The van der Waals surface area contributed by atoms with Gasteiger partial charge in [0.1, 0.15) is 45.9 Å². The van der Waals surface area contributed by atoms with Gasteiger partial charge >= 0.3 is 35.8 Å². The normalized spacial score (nSPS) is 9.91. The highest BCUT2D eigenvalue weighted by Gasteiger charge is 2.11. The van der Waals surface area contributed by atoms with Gasteiger partial charge in [0.05, 0.1) is 46.2 Å². The van der Waals surface area contributed by atoms with Crippen LogP contribution >= 0.6 is 0 Å². The van der Waals surface area contributed by atoms with E-state index in [-0.39, 0.29) is 129 Å². The summed E-state index contributed by atoms with van der Waals surface area (Å²) in [6.07, 6.45) is -0.393. The average Bonchev–Trinajstić information content (AvgIpc) is 2.96. The van der Waals surface area contributed by atoms with E-state index in [1.807, 2.05) is 0 Å². The average molecular weight is 675 g/mol. The molecule has 0 aliphatic rings. The number of methoxy groups -OCH3 is 1. The van der Waals surface area contributed by atoms with Crippen LogP contribution in [0.25, 0.3) is 0 Å². The quantitative estimate of drug-likeness (QED) is 0.0584. The molecule has 0 heterocycles. The van der Waals surface area contributed by atoms with Crippen molar-refractivity contribution in [2.75, 3.05) is 100.0 Å². The molecule has 0 aliphatic carbocycles. The molecule has 0 atom stereocenters. The van der Waals surface area contributed by atoms with Crippen molar-refractivity contribution >= 4 is 35.8 Å². The minimum atomic E-state index is -0.393. The van der Waals surface area contributed by atoms with Crippen LogP contribution in [-0.2, 0) is 85.6 Å². The largest absolute Gasteiger partial charge is 0.463 e. The molecule has 18 heteroatoms. The van der Waals surface area contributed by atoms with Gasteiger partial charge in [0.15, 0.2) is 6.79 Å². The van der Waals surface area contributed by atoms with Crippen LogP contribution in [0.4, 0.5) is 0 Å². The fourth-order valence-electron chi connectivity index (χ4n) is 2.27. The Hall–Kier alpha value is -3.42. The minimum absolute atomic E-state index is 0.0509. The van der Waals surface area contributed by atoms with Crippen molar-refractivity contribution in [1.82, 2.24) is 0 Å². The van der Waals surface area contributed by atoms with Gasteiger partial charge in [0.2, 0.25) is 0 Å². The number of esters is 6. The van der Waals surface area contributed by atoms with Gasteiger partial charge in [-0.15, -0.1) is 0 Å². The SMILES string of the molecule is CC(=O)OCCOCC(COCCOC(C)=O)OCCOC(C)=O.CC(=O)OCCOCOCCOC(C)=O.COCOC(C)=O. The van der Waals surface area contributed by atoms with Gasteiger partial charge in [-0.3, -0.25) is 28.8 Å². The zero-order valence-electron chi connectivity index (χ0n) is 27.8. The molecule has 0 radical (unpaired) electrons. The van der Waals surface area contributed by atoms with Crippen LogP contribution in [0.3, 0.4) is 0 Å². The van der Waals surface area contributed by atoms with E-state index in [1.165, 1.54) is 48.7 Å². The molecule has 0 aromatic heterocycles. The number of carbonyl (C=O) groups excluding carboxylic acids is 6. The number of carbonyl (C=O) groups is 6. The Kier molecular flexibility index (Phi) is 36.8. The lowest BCUT2D eigenvalue weighted by molar-refractivity contribution is -0.151. The van der Waals surface area contributed by atoms with Crippen molar-refractivity contribution in [1.29, 1.82) is 0 Å². The van der Waals surface area contributed by atoms with Gasteiger partial charge < -0.3 is 56.8 Å². The number of hydrogen-bond acceptors (Lipinski definition) is 18. The van der Waals surface area contributed by atoms with Crippen LogP contribution in [0.15, 0.2) is 0 Å². The summed E-state index contributed by atoms with van der Waals surface area (Å²) in [5.74, 6) is -2.13. The second kappa shape index (κ2) is 36.1. The summed E-state index contributed by atoms with van der Waals surface area (Å²) in [5, 5.41) is 0. The molecule has 0 spiro atoms. The fraction of sp³-hybridized carbons (Fsp3) is 0.786. The predicted octanol–water partition coefficient (Wildman–Crippen LogP) is 0.351. The minimum Gasteiger partial charge on any atom is -0.463 e. The molecule has 0 N–H and O–H groups in total. The summed E-state index contributed by atoms with van der Waals surface area (Å²) < 4.78 is 58.3. The van der Waals surface area contributed by atoms with Crippen LogP contribution in [0.5, 0.6) is 0 Å². The van der Waals surface area contributed by atoms with Crippen molar-refractivity contribution in [2.24, 2.45) is 0 Å². The van der Waals surface area contributed by atoms with Gasteiger partial charge in [0.25, 0.3) is 0 Å². The Morgan fingerprint density at radius 2 is 0.696 bits per heavy atom. The monoisotopic (exact) mass is 674 g/mol. The van der Waals surface area contributed by atoms with Crippen LogP contribution < -0.4 is 0 Å². The third-order valence-electron chi connectivity index (χ3n) is 4.03. The first-order chi connectivity index (χ1) is 21.8. The van der Waals surface area contributed by atoms with E-state index in [0.29, 0.717) is 0 Å². The molecule has 0 bridgehead atoms. The highest BCUT2D eigenvalue weighted by atomic mass is 16.7. The van der Waals surface area contributed by atoms with E-state index < -0.39 is 6.10 Å². The van der Waals surface area contributed by atoms with E-state index in [9.17, 15) is 28.8 Å². The topological polar surface area (TPSA) is 213 Å². The van der Waals surface area contributed by atoms with Crippen molar-refractivity contribution in [3.8, 4) is 0 Å². The summed E-state index contributed by atoms with van der Waals surface area (Å²) in [6.45, 7) is 10.6. The maximum Gasteiger partial charge on any atom is 0.304 e.